The molecule has 0 bridgehead atoms. The van der Waals surface area contributed by atoms with Crippen LogP contribution in [0.3, 0.4) is 0 Å². The van der Waals surface area contributed by atoms with Crippen molar-refractivity contribution in [1.29, 1.82) is 0 Å². The molecule has 2 amide bonds. The van der Waals surface area contributed by atoms with Crippen molar-refractivity contribution in [3.63, 3.8) is 0 Å². The first-order valence-electron chi connectivity index (χ1n) is 9.40. The van der Waals surface area contributed by atoms with Crippen LogP contribution in [0.25, 0.3) is 0 Å². The summed E-state index contributed by atoms with van der Waals surface area (Å²) in [4.78, 5) is 40.5. The monoisotopic (exact) mass is 401 g/mol. The minimum Gasteiger partial charge on any atom is -0.372 e. The van der Waals surface area contributed by atoms with Gasteiger partial charge in [-0.25, -0.2) is 0 Å². The van der Waals surface area contributed by atoms with E-state index in [0.29, 0.717) is 11.1 Å². The number of hydrazine groups is 1. The lowest BCUT2D eigenvalue weighted by atomic mass is 10.1. The molecule has 0 atom stereocenters. The maximum absolute atomic E-state index is 12.2. The first-order chi connectivity index (χ1) is 13.3. The van der Waals surface area contributed by atoms with Crippen LogP contribution in [-0.4, -0.2) is 30.7 Å². The number of nitrogens with zero attached hydrogens (tertiary/aromatic N) is 1. The molecule has 0 radical (unpaired) electrons. The second-order valence-corrected chi connectivity index (χ2v) is 7.93. The smallest absolute Gasteiger partial charge is 0.269 e. The van der Waals surface area contributed by atoms with Gasteiger partial charge in [-0.2, -0.15) is 0 Å². The van der Waals surface area contributed by atoms with Gasteiger partial charge in [0.05, 0.1) is 0 Å². The molecule has 0 spiro atoms. The molecule has 0 saturated heterocycles. The van der Waals surface area contributed by atoms with E-state index in [9.17, 15) is 14.4 Å². The summed E-state index contributed by atoms with van der Waals surface area (Å²) in [6.45, 7) is 9.78. The van der Waals surface area contributed by atoms with E-state index in [-0.39, 0.29) is 18.6 Å². The SMILES string of the molecule is CCN(CC)c1ccc(C(=O)NNC(=O)CCC(=O)c2cc(C)sc2C)cc1. The van der Waals surface area contributed by atoms with Crippen LogP contribution < -0.4 is 15.8 Å². The number of rotatable bonds is 8. The fraction of sp³-hybridized carbons (Fsp3) is 0.381. The van der Waals surface area contributed by atoms with Crippen molar-refractivity contribution >= 4 is 34.6 Å². The predicted molar refractivity (Wildman–Crippen MR) is 113 cm³/mol. The molecular formula is C21H27N3O3S. The molecule has 0 aliphatic heterocycles. The van der Waals surface area contributed by atoms with Crippen molar-refractivity contribution in [3.8, 4) is 0 Å². The molecular weight excluding hydrogens is 374 g/mol. The minimum absolute atomic E-state index is 0.0222. The summed E-state index contributed by atoms with van der Waals surface area (Å²) in [5.41, 5.74) is 6.94. The van der Waals surface area contributed by atoms with Crippen LogP contribution in [0.1, 0.15) is 57.2 Å². The van der Waals surface area contributed by atoms with Gasteiger partial charge < -0.3 is 4.90 Å². The van der Waals surface area contributed by atoms with Crippen LogP contribution in [-0.2, 0) is 4.79 Å². The van der Waals surface area contributed by atoms with Gasteiger partial charge in [0.2, 0.25) is 5.91 Å². The Kier molecular flexibility index (Phi) is 7.75. The van der Waals surface area contributed by atoms with Gasteiger partial charge in [0.25, 0.3) is 5.91 Å². The van der Waals surface area contributed by atoms with Crippen molar-refractivity contribution < 1.29 is 14.4 Å². The molecule has 28 heavy (non-hydrogen) atoms. The van der Waals surface area contributed by atoms with Gasteiger partial charge in [-0.1, -0.05) is 0 Å². The first-order valence-corrected chi connectivity index (χ1v) is 10.2. The van der Waals surface area contributed by atoms with E-state index in [1.807, 2.05) is 32.0 Å². The highest BCUT2D eigenvalue weighted by Gasteiger charge is 2.14. The third-order valence-corrected chi connectivity index (χ3v) is 5.46. The molecule has 0 saturated carbocycles. The number of Topliss-reactive ketones (excluding diaryl/α,β-unsaturated/α-hetero) is 1. The molecule has 2 rings (SSSR count). The molecule has 0 unspecified atom stereocenters. The lowest BCUT2D eigenvalue weighted by Crippen LogP contribution is -2.41. The van der Waals surface area contributed by atoms with Crippen LogP contribution in [0, 0.1) is 13.8 Å². The van der Waals surface area contributed by atoms with Crippen LogP contribution in [0.2, 0.25) is 0 Å². The molecule has 1 aromatic carbocycles. The molecule has 1 heterocycles. The number of hydrogen-bond donors (Lipinski definition) is 2. The third kappa shape index (κ3) is 5.66. The normalized spacial score (nSPS) is 10.4. The fourth-order valence-corrected chi connectivity index (χ4v) is 3.89. The number of anilines is 1. The van der Waals surface area contributed by atoms with Gasteiger partial charge in [-0.3, -0.25) is 25.2 Å². The number of benzene rings is 1. The van der Waals surface area contributed by atoms with E-state index < -0.39 is 11.8 Å². The summed E-state index contributed by atoms with van der Waals surface area (Å²) in [6.07, 6.45) is 0.131. The van der Waals surface area contributed by atoms with Crippen LogP contribution in [0.15, 0.2) is 30.3 Å². The average Bonchev–Trinajstić information content (AvgIpc) is 3.03. The summed E-state index contributed by atoms with van der Waals surface area (Å²) in [7, 11) is 0. The summed E-state index contributed by atoms with van der Waals surface area (Å²) >= 11 is 1.57. The van der Waals surface area contributed by atoms with E-state index in [1.54, 1.807) is 23.5 Å². The van der Waals surface area contributed by atoms with Crippen molar-refractivity contribution in [3.05, 3.63) is 51.2 Å². The highest BCUT2D eigenvalue weighted by molar-refractivity contribution is 7.12. The molecule has 7 heteroatoms. The zero-order valence-corrected chi connectivity index (χ0v) is 17.6. The van der Waals surface area contributed by atoms with E-state index in [1.165, 1.54) is 0 Å². The fourth-order valence-electron chi connectivity index (χ4n) is 2.94. The number of nitrogens with one attached hydrogen (secondary N) is 2. The number of amides is 2. The number of carbonyl (C=O) groups excluding carboxylic acids is 3. The first kappa shape index (κ1) is 21.6. The largest absolute Gasteiger partial charge is 0.372 e. The summed E-state index contributed by atoms with van der Waals surface area (Å²) in [6, 6.07) is 9.06. The average molecular weight is 402 g/mol. The molecule has 2 N–H and O–H groups in total. The lowest BCUT2D eigenvalue weighted by Gasteiger charge is -2.21. The molecule has 2 aromatic rings. The number of hydrogen-bond acceptors (Lipinski definition) is 5. The second kappa shape index (κ2) is 10.0. The molecule has 6 nitrogen and oxygen atoms in total. The Morgan fingerprint density at radius 1 is 0.964 bits per heavy atom. The van der Waals surface area contributed by atoms with E-state index in [0.717, 1.165) is 28.5 Å². The predicted octanol–water partition coefficient (Wildman–Crippen LogP) is 3.64. The van der Waals surface area contributed by atoms with Crippen LogP contribution in [0.5, 0.6) is 0 Å². The summed E-state index contributed by atoms with van der Waals surface area (Å²) in [5.74, 6) is -0.850. The maximum atomic E-state index is 12.2. The Hall–Kier alpha value is -2.67. The Morgan fingerprint density at radius 3 is 2.14 bits per heavy atom. The number of carbonyl (C=O) groups is 3. The Labute approximate surface area is 169 Å². The summed E-state index contributed by atoms with van der Waals surface area (Å²) < 4.78 is 0. The Balaban J connectivity index is 1.81. The molecule has 150 valence electrons. The maximum Gasteiger partial charge on any atom is 0.269 e. The standard InChI is InChI=1S/C21H27N3O3S/c1-5-24(6-2)17-9-7-16(8-10-17)21(27)23-22-20(26)12-11-19(25)18-13-14(3)28-15(18)4/h7-10,13H,5-6,11-12H2,1-4H3,(H,22,26)(H,23,27). The van der Waals surface area contributed by atoms with Crippen molar-refractivity contribution in [1.82, 2.24) is 10.9 Å². The molecule has 0 fully saturated rings. The highest BCUT2D eigenvalue weighted by Crippen LogP contribution is 2.22. The van der Waals surface area contributed by atoms with Crippen LogP contribution in [0.4, 0.5) is 5.69 Å². The van der Waals surface area contributed by atoms with Crippen molar-refractivity contribution in [2.75, 3.05) is 18.0 Å². The second-order valence-electron chi connectivity index (χ2n) is 6.47. The zero-order valence-electron chi connectivity index (χ0n) is 16.8. The quantitative estimate of drug-likeness (QED) is 0.523. The molecule has 0 aliphatic carbocycles. The minimum atomic E-state index is -0.397. The lowest BCUT2D eigenvalue weighted by molar-refractivity contribution is -0.121. The number of ketones is 1. The van der Waals surface area contributed by atoms with Gasteiger partial charge in [0, 0.05) is 52.5 Å². The van der Waals surface area contributed by atoms with Gasteiger partial charge in [-0.05, 0) is 58.0 Å². The Morgan fingerprint density at radius 2 is 1.61 bits per heavy atom. The third-order valence-electron chi connectivity index (χ3n) is 4.49. The number of aryl methyl sites for hydroxylation is 2. The van der Waals surface area contributed by atoms with E-state index in [2.05, 4.69) is 29.6 Å². The van der Waals surface area contributed by atoms with Gasteiger partial charge in [-0.15, -0.1) is 11.3 Å². The van der Waals surface area contributed by atoms with Gasteiger partial charge in [0.1, 0.15) is 0 Å². The van der Waals surface area contributed by atoms with Gasteiger partial charge >= 0.3 is 0 Å². The van der Waals surface area contributed by atoms with Gasteiger partial charge in [0.15, 0.2) is 5.78 Å². The number of thiophene rings is 1. The molecule has 1 aromatic heterocycles. The summed E-state index contributed by atoms with van der Waals surface area (Å²) in [5, 5.41) is 0. The van der Waals surface area contributed by atoms with Crippen molar-refractivity contribution in [2.24, 2.45) is 0 Å². The molecule has 0 aliphatic rings. The van der Waals surface area contributed by atoms with E-state index >= 15 is 0 Å². The Bertz CT molecular complexity index is 839. The van der Waals surface area contributed by atoms with E-state index in [4.69, 9.17) is 0 Å². The highest BCUT2D eigenvalue weighted by atomic mass is 32.1. The zero-order chi connectivity index (χ0) is 20.7. The topological polar surface area (TPSA) is 78.5 Å². The van der Waals surface area contributed by atoms with Crippen LogP contribution >= 0.6 is 11.3 Å². The van der Waals surface area contributed by atoms with Crippen molar-refractivity contribution in [2.45, 2.75) is 40.5 Å².